The summed E-state index contributed by atoms with van der Waals surface area (Å²) in [5, 5.41) is 3.06. The van der Waals surface area contributed by atoms with Crippen LogP contribution in [0.2, 0.25) is 0 Å². The minimum atomic E-state index is 0.143. The fourth-order valence-electron chi connectivity index (χ4n) is 1.71. The van der Waals surface area contributed by atoms with Crippen molar-refractivity contribution in [3.05, 3.63) is 0 Å². The number of piperidine rings is 1. The summed E-state index contributed by atoms with van der Waals surface area (Å²) in [6, 6.07) is 0.388. The van der Waals surface area contributed by atoms with Crippen LogP contribution in [0.1, 0.15) is 12.8 Å². The van der Waals surface area contributed by atoms with Gasteiger partial charge in [0.1, 0.15) is 0 Å². The second kappa shape index (κ2) is 5.32. The van der Waals surface area contributed by atoms with Crippen molar-refractivity contribution in [2.45, 2.75) is 18.9 Å². The largest absolute Gasteiger partial charge is 0.352 e. The van der Waals surface area contributed by atoms with Gasteiger partial charge in [-0.05, 0) is 47.1 Å². The number of rotatable bonds is 3. The van der Waals surface area contributed by atoms with E-state index in [0.29, 0.717) is 12.6 Å². The predicted octanol–water partition coefficient (Wildman–Crippen LogP) is -0.242. The first-order valence-electron chi connectivity index (χ1n) is 5.20. The molecule has 82 valence electrons. The van der Waals surface area contributed by atoms with E-state index in [1.54, 1.807) is 0 Å². The van der Waals surface area contributed by atoms with Crippen molar-refractivity contribution in [1.29, 1.82) is 0 Å². The molecule has 1 N–H and O–H groups in total. The van der Waals surface area contributed by atoms with Crippen LogP contribution in [-0.4, -0.2) is 62.5 Å². The quantitative estimate of drug-likeness (QED) is 0.681. The average molecular weight is 199 g/mol. The highest BCUT2D eigenvalue weighted by Crippen LogP contribution is 2.07. The first-order chi connectivity index (χ1) is 6.58. The highest BCUT2D eigenvalue weighted by molar-refractivity contribution is 5.78. The molecule has 4 heteroatoms. The molecular weight excluding hydrogens is 178 g/mol. The minimum absolute atomic E-state index is 0.143. The lowest BCUT2D eigenvalue weighted by Crippen LogP contribution is -2.45. The number of nitrogens with zero attached hydrogens (tertiary/aromatic N) is 2. The zero-order valence-electron chi connectivity index (χ0n) is 9.42. The molecule has 1 fully saturated rings. The molecule has 0 aliphatic carbocycles. The summed E-state index contributed by atoms with van der Waals surface area (Å²) in [7, 11) is 5.94. The number of carbonyl (C=O) groups is 1. The fraction of sp³-hybridized carbons (Fsp3) is 0.900. The molecule has 0 aromatic rings. The van der Waals surface area contributed by atoms with Gasteiger partial charge in [0.05, 0.1) is 6.54 Å². The van der Waals surface area contributed by atoms with Crippen LogP contribution in [0.4, 0.5) is 0 Å². The van der Waals surface area contributed by atoms with E-state index >= 15 is 0 Å². The van der Waals surface area contributed by atoms with Gasteiger partial charge < -0.3 is 15.1 Å². The lowest BCUT2D eigenvalue weighted by Gasteiger charge is -2.29. The standard InChI is InChI=1S/C10H21N3O/c1-12(2)8-10(14)11-9-4-6-13(3)7-5-9/h9H,4-8H2,1-3H3,(H,11,14). The Labute approximate surface area is 86.2 Å². The fourth-order valence-corrected chi connectivity index (χ4v) is 1.71. The Hall–Kier alpha value is -0.610. The van der Waals surface area contributed by atoms with E-state index in [1.807, 2.05) is 19.0 Å². The summed E-state index contributed by atoms with van der Waals surface area (Å²) in [4.78, 5) is 15.6. The van der Waals surface area contributed by atoms with Crippen LogP contribution in [0, 0.1) is 0 Å². The van der Waals surface area contributed by atoms with E-state index in [-0.39, 0.29) is 5.91 Å². The lowest BCUT2D eigenvalue weighted by molar-refractivity contribution is -0.122. The molecule has 1 amide bonds. The van der Waals surface area contributed by atoms with Gasteiger partial charge in [0.25, 0.3) is 0 Å². The van der Waals surface area contributed by atoms with Crippen LogP contribution in [0.3, 0.4) is 0 Å². The van der Waals surface area contributed by atoms with E-state index < -0.39 is 0 Å². The van der Waals surface area contributed by atoms with E-state index in [4.69, 9.17) is 0 Å². The molecule has 0 atom stereocenters. The monoisotopic (exact) mass is 199 g/mol. The Morgan fingerprint density at radius 1 is 1.43 bits per heavy atom. The molecule has 1 heterocycles. The Morgan fingerprint density at radius 2 is 2.00 bits per heavy atom. The van der Waals surface area contributed by atoms with Gasteiger partial charge in [-0.3, -0.25) is 4.79 Å². The molecule has 14 heavy (non-hydrogen) atoms. The van der Waals surface area contributed by atoms with Gasteiger partial charge >= 0.3 is 0 Å². The number of likely N-dealkylation sites (tertiary alicyclic amines) is 1. The molecule has 4 nitrogen and oxygen atoms in total. The Balaban J connectivity index is 2.20. The van der Waals surface area contributed by atoms with Crippen molar-refractivity contribution < 1.29 is 4.79 Å². The van der Waals surface area contributed by atoms with Crippen molar-refractivity contribution in [2.24, 2.45) is 0 Å². The van der Waals surface area contributed by atoms with Crippen LogP contribution in [-0.2, 0) is 4.79 Å². The van der Waals surface area contributed by atoms with Crippen LogP contribution in [0.25, 0.3) is 0 Å². The summed E-state index contributed by atoms with van der Waals surface area (Å²) >= 11 is 0. The Kier molecular flexibility index (Phi) is 4.35. The topological polar surface area (TPSA) is 35.6 Å². The first-order valence-corrected chi connectivity index (χ1v) is 5.20. The molecule has 1 saturated heterocycles. The normalized spacial score (nSPS) is 20.0. The maximum Gasteiger partial charge on any atom is 0.234 e. The van der Waals surface area contributed by atoms with Crippen molar-refractivity contribution in [1.82, 2.24) is 15.1 Å². The molecule has 0 spiro atoms. The average Bonchev–Trinajstić information content (AvgIpc) is 2.07. The van der Waals surface area contributed by atoms with Crippen LogP contribution >= 0.6 is 0 Å². The first kappa shape index (κ1) is 11.5. The summed E-state index contributed by atoms with van der Waals surface area (Å²) < 4.78 is 0. The third kappa shape index (κ3) is 4.07. The van der Waals surface area contributed by atoms with E-state index in [2.05, 4.69) is 17.3 Å². The summed E-state index contributed by atoms with van der Waals surface area (Å²) in [5.41, 5.74) is 0. The molecule has 0 radical (unpaired) electrons. The maximum atomic E-state index is 11.4. The second-order valence-electron chi connectivity index (χ2n) is 4.38. The zero-order valence-corrected chi connectivity index (χ0v) is 9.42. The van der Waals surface area contributed by atoms with Crippen molar-refractivity contribution in [3.63, 3.8) is 0 Å². The molecule has 0 aromatic heterocycles. The number of nitrogens with one attached hydrogen (secondary N) is 1. The minimum Gasteiger partial charge on any atom is -0.352 e. The van der Waals surface area contributed by atoms with Crippen LogP contribution in [0.5, 0.6) is 0 Å². The van der Waals surface area contributed by atoms with E-state index in [0.717, 1.165) is 25.9 Å². The summed E-state index contributed by atoms with van der Waals surface area (Å²) in [5.74, 6) is 0.143. The third-order valence-electron chi connectivity index (χ3n) is 2.54. The van der Waals surface area contributed by atoms with Gasteiger partial charge in [-0.15, -0.1) is 0 Å². The van der Waals surface area contributed by atoms with Gasteiger partial charge in [0.2, 0.25) is 5.91 Å². The molecule has 1 aliphatic rings. The maximum absolute atomic E-state index is 11.4. The van der Waals surface area contributed by atoms with Gasteiger partial charge in [-0.2, -0.15) is 0 Å². The summed E-state index contributed by atoms with van der Waals surface area (Å²) in [6.45, 7) is 2.67. The Morgan fingerprint density at radius 3 is 2.50 bits per heavy atom. The molecule has 1 rings (SSSR count). The second-order valence-corrected chi connectivity index (χ2v) is 4.38. The smallest absolute Gasteiger partial charge is 0.234 e. The van der Waals surface area contributed by atoms with Gasteiger partial charge in [0.15, 0.2) is 0 Å². The van der Waals surface area contributed by atoms with Gasteiger partial charge in [-0.1, -0.05) is 0 Å². The van der Waals surface area contributed by atoms with Crippen LogP contribution < -0.4 is 5.32 Å². The summed E-state index contributed by atoms with van der Waals surface area (Å²) in [6.07, 6.45) is 2.16. The number of likely N-dealkylation sites (N-methyl/N-ethyl adjacent to an activating group) is 1. The predicted molar refractivity (Wildman–Crippen MR) is 57.2 cm³/mol. The number of hydrogen-bond acceptors (Lipinski definition) is 3. The van der Waals surface area contributed by atoms with Gasteiger partial charge in [0, 0.05) is 6.04 Å². The van der Waals surface area contributed by atoms with Crippen LogP contribution in [0.15, 0.2) is 0 Å². The van der Waals surface area contributed by atoms with E-state index in [1.165, 1.54) is 0 Å². The third-order valence-corrected chi connectivity index (χ3v) is 2.54. The molecule has 0 saturated carbocycles. The zero-order chi connectivity index (χ0) is 10.6. The highest BCUT2D eigenvalue weighted by Gasteiger charge is 2.18. The van der Waals surface area contributed by atoms with Crippen molar-refractivity contribution in [3.8, 4) is 0 Å². The molecule has 0 aromatic carbocycles. The SMILES string of the molecule is CN(C)CC(=O)NC1CCN(C)CC1. The number of carbonyl (C=O) groups excluding carboxylic acids is 1. The highest BCUT2D eigenvalue weighted by atomic mass is 16.2. The lowest BCUT2D eigenvalue weighted by atomic mass is 10.1. The van der Waals surface area contributed by atoms with Crippen molar-refractivity contribution in [2.75, 3.05) is 40.8 Å². The van der Waals surface area contributed by atoms with Gasteiger partial charge in [-0.25, -0.2) is 0 Å². The number of hydrogen-bond donors (Lipinski definition) is 1. The van der Waals surface area contributed by atoms with E-state index in [9.17, 15) is 4.79 Å². The molecular formula is C10H21N3O. The Bertz CT molecular complexity index is 186. The molecule has 0 bridgehead atoms. The number of amides is 1. The molecule has 0 unspecified atom stereocenters. The molecule has 1 aliphatic heterocycles. The van der Waals surface area contributed by atoms with Crippen molar-refractivity contribution >= 4 is 5.91 Å².